The molecule has 2 aromatic carbocycles. The van der Waals surface area contributed by atoms with Gasteiger partial charge >= 0.3 is 0 Å². The van der Waals surface area contributed by atoms with Gasteiger partial charge in [-0.1, -0.05) is 18.2 Å². The van der Waals surface area contributed by atoms with E-state index in [9.17, 15) is 13.6 Å². The van der Waals surface area contributed by atoms with Crippen molar-refractivity contribution in [3.05, 3.63) is 71.6 Å². The average molecular weight is 314 g/mol. The smallest absolute Gasteiger partial charge is 0.278 e. The molecule has 0 aliphatic carbocycles. The standard InChI is InChI=1S/C17H12F2N2O2/c1-10-15(21-17(23-10)11-5-3-2-4-6-11)16(22)20-14-9-12(18)7-8-13(14)19/h2-9H,1H3,(H,20,22). The van der Waals surface area contributed by atoms with Crippen molar-refractivity contribution in [1.29, 1.82) is 0 Å². The minimum Gasteiger partial charge on any atom is -0.441 e. The van der Waals surface area contributed by atoms with Crippen LogP contribution in [0, 0.1) is 18.6 Å². The Morgan fingerprint density at radius 1 is 1.13 bits per heavy atom. The Kier molecular flexibility index (Phi) is 3.89. The van der Waals surface area contributed by atoms with Gasteiger partial charge in [-0.25, -0.2) is 13.8 Å². The normalized spacial score (nSPS) is 10.6. The van der Waals surface area contributed by atoms with Gasteiger partial charge in [-0.2, -0.15) is 0 Å². The molecule has 1 amide bonds. The van der Waals surface area contributed by atoms with Crippen molar-refractivity contribution in [2.24, 2.45) is 0 Å². The Labute approximate surface area is 130 Å². The molecule has 0 aliphatic heterocycles. The van der Waals surface area contributed by atoms with Crippen LogP contribution in [0.25, 0.3) is 11.5 Å². The van der Waals surface area contributed by atoms with Gasteiger partial charge in [0, 0.05) is 11.6 Å². The van der Waals surface area contributed by atoms with Gasteiger partial charge in [-0.3, -0.25) is 4.79 Å². The second-order valence-electron chi connectivity index (χ2n) is 4.87. The zero-order chi connectivity index (χ0) is 16.4. The summed E-state index contributed by atoms with van der Waals surface area (Å²) in [4.78, 5) is 16.4. The summed E-state index contributed by atoms with van der Waals surface area (Å²) in [7, 11) is 0. The Morgan fingerprint density at radius 3 is 2.61 bits per heavy atom. The molecule has 116 valence electrons. The van der Waals surface area contributed by atoms with Crippen LogP contribution in [0.1, 0.15) is 16.2 Å². The van der Waals surface area contributed by atoms with E-state index in [4.69, 9.17) is 4.42 Å². The quantitative estimate of drug-likeness (QED) is 0.789. The lowest BCUT2D eigenvalue weighted by molar-refractivity contribution is 0.102. The third-order valence-corrected chi connectivity index (χ3v) is 3.21. The third kappa shape index (κ3) is 3.11. The van der Waals surface area contributed by atoms with Gasteiger partial charge in [0.1, 0.15) is 17.4 Å². The second-order valence-corrected chi connectivity index (χ2v) is 4.87. The Hall–Kier alpha value is -3.02. The maximum absolute atomic E-state index is 13.6. The summed E-state index contributed by atoms with van der Waals surface area (Å²) in [6, 6.07) is 11.9. The van der Waals surface area contributed by atoms with Gasteiger partial charge in [0.05, 0.1) is 5.69 Å². The maximum atomic E-state index is 13.6. The fourth-order valence-electron chi connectivity index (χ4n) is 2.09. The van der Waals surface area contributed by atoms with Crippen molar-refractivity contribution in [3.8, 4) is 11.5 Å². The van der Waals surface area contributed by atoms with Crippen molar-refractivity contribution >= 4 is 11.6 Å². The predicted molar refractivity (Wildman–Crippen MR) is 81.0 cm³/mol. The molecule has 0 saturated heterocycles. The number of hydrogen-bond acceptors (Lipinski definition) is 3. The number of rotatable bonds is 3. The van der Waals surface area contributed by atoms with E-state index in [0.717, 1.165) is 18.2 Å². The number of aromatic nitrogens is 1. The Bertz CT molecular complexity index is 860. The van der Waals surface area contributed by atoms with Crippen LogP contribution in [-0.4, -0.2) is 10.9 Å². The van der Waals surface area contributed by atoms with Gasteiger partial charge in [0.25, 0.3) is 5.91 Å². The van der Waals surface area contributed by atoms with Crippen molar-refractivity contribution in [2.45, 2.75) is 6.92 Å². The number of oxazole rings is 1. The molecule has 0 spiro atoms. The first-order valence-electron chi connectivity index (χ1n) is 6.84. The van der Waals surface area contributed by atoms with E-state index >= 15 is 0 Å². The van der Waals surface area contributed by atoms with E-state index in [-0.39, 0.29) is 23.0 Å². The number of hydrogen-bond donors (Lipinski definition) is 1. The van der Waals surface area contributed by atoms with Crippen LogP contribution in [0.15, 0.2) is 52.9 Å². The minimum absolute atomic E-state index is 0.0208. The summed E-state index contributed by atoms with van der Waals surface area (Å²) in [6.45, 7) is 1.58. The van der Waals surface area contributed by atoms with Gasteiger partial charge in [0.2, 0.25) is 5.89 Å². The summed E-state index contributed by atoms with van der Waals surface area (Å²) >= 11 is 0. The highest BCUT2D eigenvalue weighted by Gasteiger charge is 2.19. The number of nitrogens with one attached hydrogen (secondary N) is 1. The van der Waals surface area contributed by atoms with Crippen molar-refractivity contribution in [1.82, 2.24) is 4.98 Å². The molecule has 3 rings (SSSR count). The first kappa shape index (κ1) is 14.9. The molecule has 1 heterocycles. The third-order valence-electron chi connectivity index (χ3n) is 3.21. The van der Waals surface area contributed by atoms with Crippen LogP contribution < -0.4 is 5.32 Å². The first-order chi connectivity index (χ1) is 11.0. The maximum Gasteiger partial charge on any atom is 0.278 e. The second kappa shape index (κ2) is 6.00. The van der Waals surface area contributed by atoms with E-state index in [2.05, 4.69) is 10.3 Å². The topological polar surface area (TPSA) is 55.1 Å². The molecular formula is C17H12F2N2O2. The SMILES string of the molecule is Cc1oc(-c2ccccc2)nc1C(=O)Nc1cc(F)ccc1F. The first-order valence-corrected chi connectivity index (χ1v) is 6.84. The van der Waals surface area contributed by atoms with Gasteiger partial charge in [-0.15, -0.1) is 0 Å². The van der Waals surface area contributed by atoms with E-state index in [0.29, 0.717) is 5.56 Å². The fourth-order valence-corrected chi connectivity index (χ4v) is 2.09. The summed E-state index contributed by atoms with van der Waals surface area (Å²) < 4.78 is 32.2. The molecular weight excluding hydrogens is 302 g/mol. The van der Waals surface area contributed by atoms with Crippen LogP contribution >= 0.6 is 0 Å². The van der Waals surface area contributed by atoms with Crippen LogP contribution in [0.2, 0.25) is 0 Å². The molecule has 23 heavy (non-hydrogen) atoms. The van der Waals surface area contributed by atoms with E-state index < -0.39 is 17.5 Å². The van der Waals surface area contributed by atoms with Crippen LogP contribution in [-0.2, 0) is 0 Å². The zero-order valence-corrected chi connectivity index (χ0v) is 12.1. The lowest BCUT2D eigenvalue weighted by Crippen LogP contribution is -2.14. The number of aryl methyl sites for hydroxylation is 1. The number of carbonyl (C=O) groups is 1. The molecule has 1 N–H and O–H groups in total. The minimum atomic E-state index is -0.732. The number of amides is 1. The van der Waals surface area contributed by atoms with Crippen LogP contribution in [0.3, 0.4) is 0 Å². The highest BCUT2D eigenvalue weighted by molar-refractivity contribution is 6.03. The summed E-state index contributed by atoms with van der Waals surface area (Å²) in [6.07, 6.45) is 0. The molecule has 6 heteroatoms. The Balaban J connectivity index is 1.88. The van der Waals surface area contributed by atoms with E-state index in [1.54, 1.807) is 19.1 Å². The monoisotopic (exact) mass is 314 g/mol. The molecule has 0 aliphatic rings. The van der Waals surface area contributed by atoms with Crippen molar-refractivity contribution < 1.29 is 18.0 Å². The molecule has 1 aromatic heterocycles. The lowest BCUT2D eigenvalue weighted by Gasteiger charge is -2.04. The molecule has 0 fully saturated rings. The number of anilines is 1. The lowest BCUT2D eigenvalue weighted by atomic mass is 10.2. The van der Waals surface area contributed by atoms with Gasteiger partial charge in [-0.05, 0) is 31.2 Å². The highest BCUT2D eigenvalue weighted by Crippen LogP contribution is 2.23. The van der Waals surface area contributed by atoms with Crippen molar-refractivity contribution in [3.63, 3.8) is 0 Å². The summed E-state index contributed by atoms with van der Waals surface area (Å²) in [5, 5.41) is 2.30. The van der Waals surface area contributed by atoms with Crippen LogP contribution in [0.5, 0.6) is 0 Å². The number of nitrogens with zero attached hydrogens (tertiary/aromatic N) is 1. The molecule has 0 saturated carbocycles. The number of carbonyl (C=O) groups excluding carboxylic acids is 1. The largest absolute Gasteiger partial charge is 0.441 e. The molecule has 0 bridgehead atoms. The molecule has 4 nitrogen and oxygen atoms in total. The predicted octanol–water partition coefficient (Wildman–Crippen LogP) is 4.18. The zero-order valence-electron chi connectivity index (χ0n) is 12.1. The van der Waals surface area contributed by atoms with Gasteiger partial charge in [0.15, 0.2) is 5.69 Å². The Morgan fingerprint density at radius 2 is 1.87 bits per heavy atom. The molecule has 0 radical (unpaired) electrons. The number of halogens is 2. The van der Waals surface area contributed by atoms with Crippen molar-refractivity contribution in [2.75, 3.05) is 5.32 Å². The average Bonchev–Trinajstić information content (AvgIpc) is 2.94. The molecule has 3 aromatic rings. The summed E-state index contributed by atoms with van der Waals surface area (Å²) in [5.74, 6) is -1.48. The fraction of sp³-hybridized carbons (Fsp3) is 0.0588. The summed E-state index contributed by atoms with van der Waals surface area (Å²) in [5.41, 5.74) is 0.484. The number of benzene rings is 2. The highest BCUT2D eigenvalue weighted by atomic mass is 19.1. The van der Waals surface area contributed by atoms with E-state index in [1.165, 1.54) is 0 Å². The molecule has 0 unspecified atom stereocenters. The molecule has 0 atom stereocenters. The van der Waals surface area contributed by atoms with Crippen LogP contribution in [0.4, 0.5) is 14.5 Å². The van der Waals surface area contributed by atoms with E-state index in [1.807, 2.05) is 18.2 Å². The van der Waals surface area contributed by atoms with Gasteiger partial charge < -0.3 is 9.73 Å².